The summed E-state index contributed by atoms with van der Waals surface area (Å²) in [5, 5.41) is 0.598. The highest BCUT2D eigenvalue weighted by atomic mass is 16.5. The largest absolute Gasteiger partial charge is 0.489 e. The topological polar surface area (TPSA) is 44.1 Å². The molecular formula is C21H16N2O2. The molecule has 4 rings (SSSR count). The van der Waals surface area contributed by atoms with Crippen molar-refractivity contribution in [1.82, 2.24) is 9.55 Å². The lowest BCUT2D eigenvalue weighted by molar-refractivity contribution is 0.306. The van der Waals surface area contributed by atoms with Crippen LogP contribution < -0.4 is 10.3 Å². The molecule has 0 aliphatic carbocycles. The zero-order chi connectivity index (χ0) is 17.1. The third-order valence-electron chi connectivity index (χ3n) is 4.01. The van der Waals surface area contributed by atoms with Crippen LogP contribution >= 0.6 is 0 Å². The first-order chi connectivity index (χ1) is 12.3. The van der Waals surface area contributed by atoms with Gasteiger partial charge in [0.2, 0.25) is 0 Å². The van der Waals surface area contributed by atoms with Gasteiger partial charge in [-0.15, -0.1) is 0 Å². The molecule has 4 aromatic rings. The van der Waals surface area contributed by atoms with Crippen molar-refractivity contribution in [1.29, 1.82) is 0 Å². The lowest BCUT2D eigenvalue weighted by Crippen LogP contribution is -2.18. The quantitative estimate of drug-likeness (QED) is 0.569. The third-order valence-corrected chi connectivity index (χ3v) is 4.01. The van der Waals surface area contributed by atoms with Gasteiger partial charge >= 0.3 is 0 Å². The number of nitrogens with zero attached hydrogens (tertiary/aromatic N) is 2. The Morgan fingerprint density at radius 3 is 2.56 bits per heavy atom. The van der Waals surface area contributed by atoms with Gasteiger partial charge in [0.25, 0.3) is 5.56 Å². The van der Waals surface area contributed by atoms with Crippen LogP contribution in [0.2, 0.25) is 0 Å². The highest BCUT2D eigenvalue weighted by Crippen LogP contribution is 2.18. The smallest absolute Gasteiger partial charge is 0.265 e. The number of fused-ring (bicyclic) bond motifs is 1. The van der Waals surface area contributed by atoms with Gasteiger partial charge in [0.1, 0.15) is 18.7 Å². The summed E-state index contributed by atoms with van der Waals surface area (Å²) in [6, 6.07) is 24.8. The molecule has 0 N–H and O–H groups in total. The maximum Gasteiger partial charge on any atom is 0.265 e. The fraction of sp³-hybridized carbons (Fsp3) is 0.0476. The van der Waals surface area contributed by atoms with Crippen LogP contribution in [-0.4, -0.2) is 9.55 Å². The molecule has 0 saturated carbocycles. The van der Waals surface area contributed by atoms with Gasteiger partial charge in [0, 0.05) is 6.07 Å². The van der Waals surface area contributed by atoms with E-state index in [4.69, 9.17) is 4.74 Å². The van der Waals surface area contributed by atoms with Gasteiger partial charge in [0.05, 0.1) is 16.6 Å². The molecular weight excluding hydrogens is 312 g/mol. The van der Waals surface area contributed by atoms with Gasteiger partial charge < -0.3 is 4.74 Å². The molecule has 0 aliphatic heterocycles. The van der Waals surface area contributed by atoms with Crippen molar-refractivity contribution in [3.8, 4) is 11.4 Å². The second-order valence-corrected chi connectivity index (χ2v) is 5.71. The van der Waals surface area contributed by atoms with Crippen molar-refractivity contribution in [3.05, 3.63) is 101 Å². The predicted molar refractivity (Wildman–Crippen MR) is 98.1 cm³/mol. The Bertz CT molecular complexity index is 1070. The second-order valence-electron chi connectivity index (χ2n) is 5.71. The van der Waals surface area contributed by atoms with E-state index in [2.05, 4.69) is 4.98 Å². The number of rotatable bonds is 4. The van der Waals surface area contributed by atoms with Gasteiger partial charge in [0.15, 0.2) is 0 Å². The van der Waals surface area contributed by atoms with E-state index < -0.39 is 0 Å². The van der Waals surface area contributed by atoms with Crippen molar-refractivity contribution >= 4 is 10.9 Å². The molecule has 0 radical (unpaired) electrons. The lowest BCUT2D eigenvalue weighted by atomic mass is 10.2. The summed E-state index contributed by atoms with van der Waals surface area (Å²) in [6.45, 7) is 0.481. The Labute approximate surface area is 145 Å². The van der Waals surface area contributed by atoms with Crippen LogP contribution in [0.4, 0.5) is 0 Å². The minimum Gasteiger partial charge on any atom is -0.489 e. The molecule has 1 aromatic heterocycles. The van der Waals surface area contributed by atoms with Gasteiger partial charge in [-0.25, -0.2) is 4.98 Å². The summed E-state index contributed by atoms with van der Waals surface area (Å²) in [5.41, 5.74) is 2.43. The maximum absolute atomic E-state index is 12.7. The summed E-state index contributed by atoms with van der Waals surface area (Å²) in [7, 11) is 0. The monoisotopic (exact) mass is 328 g/mol. The molecule has 25 heavy (non-hydrogen) atoms. The molecule has 122 valence electrons. The minimum absolute atomic E-state index is 0.0918. The van der Waals surface area contributed by atoms with Crippen LogP contribution in [0.1, 0.15) is 5.56 Å². The standard InChI is InChI=1S/C21H16N2O2/c24-21-19-11-4-5-12-20(19)22-15-23(21)17-9-6-10-18(13-17)25-14-16-7-2-1-3-8-16/h1-13,15H,14H2. The van der Waals surface area contributed by atoms with Crippen LogP contribution in [-0.2, 0) is 6.61 Å². The molecule has 4 heteroatoms. The average Bonchev–Trinajstić information content (AvgIpc) is 2.68. The Morgan fingerprint density at radius 1 is 0.880 bits per heavy atom. The lowest BCUT2D eigenvalue weighted by Gasteiger charge is -2.10. The van der Waals surface area contributed by atoms with Crippen LogP contribution in [0, 0.1) is 0 Å². The van der Waals surface area contributed by atoms with Crippen molar-refractivity contribution in [2.24, 2.45) is 0 Å². The van der Waals surface area contributed by atoms with Gasteiger partial charge in [-0.05, 0) is 29.8 Å². The van der Waals surface area contributed by atoms with Crippen molar-refractivity contribution in [3.63, 3.8) is 0 Å². The van der Waals surface area contributed by atoms with Crippen molar-refractivity contribution < 1.29 is 4.74 Å². The predicted octanol–water partition coefficient (Wildman–Crippen LogP) is 3.96. The summed E-state index contributed by atoms with van der Waals surface area (Å²) >= 11 is 0. The Kier molecular flexibility index (Phi) is 4.01. The SMILES string of the molecule is O=c1c2ccccc2ncn1-c1cccc(OCc2ccccc2)c1. The highest BCUT2D eigenvalue weighted by Gasteiger charge is 2.06. The van der Waals surface area contributed by atoms with Gasteiger partial charge in [-0.2, -0.15) is 0 Å². The average molecular weight is 328 g/mol. The molecule has 1 heterocycles. The Balaban J connectivity index is 1.65. The van der Waals surface area contributed by atoms with E-state index in [1.54, 1.807) is 12.4 Å². The van der Waals surface area contributed by atoms with Gasteiger partial charge in [-0.3, -0.25) is 9.36 Å². The Hall–Kier alpha value is -3.40. The highest BCUT2D eigenvalue weighted by molar-refractivity contribution is 5.77. The van der Waals surface area contributed by atoms with E-state index >= 15 is 0 Å². The minimum atomic E-state index is -0.0918. The molecule has 0 atom stereocenters. The fourth-order valence-electron chi connectivity index (χ4n) is 2.72. The number of ether oxygens (including phenoxy) is 1. The first kappa shape index (κ1) is 15.1. The van der Waals surface area contributed by atoms with E-state index in [0.717, 1.165) is 11.3 Å². The van der Waals surface area contributed by atoms with E-state index in [9.17, 15) is 4.79 Å². The molecule has 4 nitrogen and oxygen atoms in total. The van der Waals surface area contributed by atoms with Crippen LogP contribution in [0.15, 0.2) is 90.0 Å². The third kappa shape index (κ3) is 3.15. The molecule has 3 aromatic carbocycles. The number of aromatic nitrogens is 2. The van der Waals surface area contributed by atoms with Crippen molar-refractivity contribution in [2.75, 3.05) is 0 Å². The number of hydrogen-bond acceptors (Lipinski definition) is 3. The fourth-order valence-corrected chi connectivity index (χ4v) is 2.72. The molecule has 0 spiro atoms. The molecule has 0 amide bonds. The molecule has 0 bridgehead atoms. The first-order valence-electron chi connectivity index (χ1n) is 8.05. The molecule has 0 saturated heterocycles. The maximum atomic E-state index is 12.7. The number of para-hydroxylation sites is 1. The Morgan fingerprint density at radius 2 is 1.68 bits per heavy atom. The van der Waals surface area contributed by atoms with Crippen LogP contribution in [0.5, 0.6) is 5.75 Å². The second kappa shape index (κ2) is 6.61. The zero-order valence-electron chi connectivity index (χ0n) is 13.5. The number of hydrogen-bond donors (Lipinski definition) is 0. The summed E-state index contributed by atoms with van der Waals surface area (Å²) in [5.74, 6) is 0.710. The zero-order valence-corrected chi connectivity index (χ0v) is 13.5. The van der Waals surface area contributed by atoms with E-state index in [-0.39, 0.29) is 5.56 Å². The van der Waals surface area contributed by atoms with E-state index in [1.165, 1.54) is 4.57 Å². The summed E-state index contributed by atoms with van der Waals surface area (Å²) in [6.07, 6.45) is 1.56. The summed E-state index contributed by atoms with van der Waals surface area (Å²) in [4.78, 5) is 17.1. The van der Waals surface area contributed by atoms with E-state index in [1.807, 2.05) is 72.8 Å². The van der Waals surface area contributed by atoms with Crippen LogP contribution in [0.3, 0.4) is 0 Å². The molecule has 0 unspecified atom stereocenters. The first-order valence-corrected chi connectivity index (χ1v) is 8.05. The van der Waals surface area contributed by atoms with Crippen LogP contribution in [0.25, 0.3) is 16.6 Å². The van der Waals surface area contributed by atoms with E-state index in [0.29, 0.717) is 23.3 Å². The summed E-state index contributed by atoms with van der Waals surface area (Å²) < 4.78 is 7.39. The molecule has 0 fully saturated rings. The molecule has 0 aliphatic rings. The number of benzene rings is 3. The van der Waals surface area contributed by atoms with Gasteiger partial charge in [-0.1, -0.05) is 48.5 Å². The normalized spacial score (nSPS) is 10.7. The van der Waals surface area contributed by atoms with Crippen molar-refractivity contribution in [2.45, 2.75) is 6.61 Å².